The molecule has 0 aliphatic rings. The summed E-state index contributed by atoms with van der Waals surface area (Å²) in [7, 11) is 0. The summed E-state index contributed by atoms with van der Waals surface area (Å²) in [6.07, 6.45) is 1.89. The fourth-order valence-electron chi connectivity index (χ4n) is 3.74. The zero-order chi connectivity index (χ0) is 19.5. The average Bonchev–Trinajstić information content (AvgIpc) is 2.81. The first kappa shape index (κ1) is 17.2. The molecule has 0 N–H and O–H groups in total. The minimum absolute atomic E-state index is 1.01. The molecule has 0 amide bonds. The lowest BCUT2D eigenvalue weighted by molar-refractivity contribution is 1.28. The summed E-state index contributed by atoms with van der Waals surface area (Å²) in [6, 6.07) is 40.0. The van der Waals surface area contributed by atoms with Crippen molar-refractivity contribution in [3.8, 4) is 11.3 Å². The SMILES string of the molecule is c1ccc(N(c2ccccc2)c2cccc(-c3nccc4ccccc34)c2)cc1. The summed E-state index contributed by atoms with van der Waals surface area (Å²) in [5.41, 5.74) is 5.47. The van der Waals surface area contributed by atoms with Crippen molar-refractivity contribution in [2.24, 2.45) is 0 Å². The average molecular weight is 372 g/mol. The van der Waals surface area contributed by atoms with Crippen LogP contribution in [0.15, 0.2) is 121 Å². The first-order valence-corrected chi connectivity index (χ1v) is 9.74. The van der Waals surface area contributed by atoms with Gasteiger partial charge in [0.15, 0.2) is 0 Å². The van der Waals surface area contributed by atoms with Gasteiger partial charge >= 0.3 is 0 Å². The fourth-order valence-corrected chi connectivity index (χ4v) is 3.74. The third-order valence-corrected chi connectivity index (χ3v) is 5.08. The molecule has 1 heterocycles. The highest BCUT2D eigenvalue weighted by Crippen LogP contribution is 2.36. The van der Waals surface area contributed by atoms with Crippen LogP contribution in [0.2, 0.25) is 0 Å². The molecule has 0 saturated carbocycles. The summed E-state index contributed by atoms with van der Waals surface area (Å²) in [4.78, 5) is 6.98. The lowest BCUT2D eigenvalue weighted by Crippen LogP contribution is -2.09. The van der Waals surface area contributed by atoms with Crippen molar-refractivity contribution in [1.82, 2.24) is 4.98 Å². The molecule has 5 aromatic rings. The van der Waals surface area contributed by atoms with Gasteiger partial charge in [0, 0.05) is 34.2 Å². The Labute approximate surface area is 170 Å². The maximum absolute atomic E-state index is 4.70. The number of hydrogen-bond acceptors (Lipinski definition) is 2. The molecule has 0 radical (unpaired) electrons. The summed E-state index contributed by atoms with van der Waals surface area (Å²) >= 11 is 0. The zero-order valence-corrected chi connectivity index (χ0v) is 15.9. The molecule has 0 aliphatic carbocycles. The standard InChI is InChI=1S/C27H20N2/c1-3-12-23(13-4-1)29(24-14-5-2-6-15-24)25-16-9-11-22(20-25)27-26-17-8-7-10-21(26)18-19-28-27/h1-20H. The van der Waals surface area contributed by atoms with E-state index in [1.165, 1.54) is 5.39 Å². The Bertz CT molecular complexity index is 1200. The molecule has 0 fully saturated rings. The Morgan fingerprint density at radius 3 is 1.86 bits per heavy atom. The van der Waals surface area contributed by atoms with Gasteiger partial charge in [-0.25, -0.2) is 0 Å². The van der Waals surface area contributed by atoms with E-state index in [9.17, 15) is 0 Å². The first-order chi connectivity index (χ1) is 14.4. The number of fused-ring (bicyclic) bond motifs is 1. The third kappa shape index (κ3) is 3.37. The van der Waals surface area contributed by atoms with Gasteiger partial charge in [0.1, 0.15) is 0 Å². The third-order valence-electron chi connectivity index (χ3n) is 5.08. The second-order valence-electron chi connectivity index (χ2n) is 6.94. The van der Waals surface area contributed by atoms with E-state index < -0.39 is 0 Å². The summed E-state index contributed by atoms with van der Waals surface area (Å²) in [5, 5.41) is 2.36. The van der Waals surface area contributed by atoms with Crippen LogP contribution in [0.5, 0.6) is 0 Å². The molecule has 0 spiro atoms. The number of anilines is 3. The van der Waals surface area contributed by atoms with Gasteiger partial charge in [0.2, 0.25) is 0 Å². The predicted octanol–water partition coefficient (Wildman–Crippen LogP) is 7.37. The minimum Gasteiger partial charge on any atom is -0.310 e. The van der Waals surface area contributed by atoms with Gasteiger partial charge in [-0.3, -0.25) is 4.98 Å². The summed E-state index contributed by atoms with van der Waals surface area (Å²) in [5.74, 6) is 0. The van der Waals surface area contributed by atoms with Crippen molar-refractivity contribution in [2.45, 2.75) is 0 Å². The van der Waals surface area contributed by atoms with Gasteiger partial charge in [0.05, 0.1) is 5.69 Å². The molecular formula is C27H20N2. The molecule has 1 aromatic heterocycles. The zero-order valence-electron chi connectivity index (χ0n) is 15.9. The smallest absolute Gasteiger partial charge is 0.0781 e. The highest BCUT2D eigenvalue weighted by atomic mass is 15.1. The number of benzene rings is 4. The van der Waals surface area contributed by atoms with E-state index in [0.29, 0.717) is 0 Å². The van der Waals surface area contributed by atoms with Gasteiger partial charge in [-0.2, -0.15) is 0 Å². The molecule has 0 saturated heterocycles. The molecule has 2 heteroatoms. The van der Waals surface area contributed by atoms with Crippen molar-refractivity contribution in [1.29, 1.82) is 0 Å². The number of nitrogens with zero attached hydrogens (tertiary/aromatic N) is 2. The van der Waals surface area contributed by atoms with Gasteiger partial charge in [-0.1, -0.05) is 72.8 Å². The Balaban J connectivity index is 1.67. The molecule has 29 heavy (non-hydrogen) atoms. The van der Waals surface area contributed by atoms with Crippen LogP contribution in [0.4, 0.5) is 17.1 Å². The van der Waals surface area contributed by atoms with Gasteiger partial charge in [-0.15, -0.1) is 0 Å². The van der Waals surface area contributed by atoms with Crippen LogP contribution >= 0.6 is 0 Å². The van der Waals surface area contributed by atoms with E-state index >= 15 is 0 Å². The highest BCUT2D eigenvalue weighted by molar-refractivity contribution is 5.95. The highest BCUT2D eigenvalue weighted by Gasteiger charge is 2.13. The lowest BCUT2D eigenvalue weighted by Gasteiger charge is -2.25. The Morgan fingerprint density at radius 1 is 0.517 bits per heavy atom. The molecular weight excluding hydrogens is 352 g/mol. The Morgan fingerprint density at radius 2 is 1.14 bits per heavy atom. The lowest BCUT2D eigenvalue weighted by atomic mass is 10.0. The van der Waals surface area contributed by atoms with E-state index in [1.807, 2.05) is 18.3 Å². The second kappa shape index (κ2) is 7.61. The van der Waals surface area contributed by atoms with Crippen molar-refractivity contribution >= 4 is 27.8 Å². The minimum atomic E-state index is 1.01. The summed E-state index contributed by atoms with van der Waals surface area (Å²) < 4.78 is 0. The quantitative estimate of drug-likeness (QED) is 0.327. The van der Waals surface area contributed by atoms with Gasteiger partial charge < -0.3 is 4.90 Å². The number of para-hydroxylation sites is 2. The van der Waals surface area contributed by atoms with Crippen molar-refractivity contribution in [3.05, 3.63) is 121 Å². The largest absolute Gasteiger partial charge is 0.310 e. The molecule has 0 bridgehead atoms. The normalized spacial score (nSPS) is 10.8. The van der Waals surface area contributed by atoms with Crippen LogP contribution in [-0.4, -0.2) is 4.98 Å². The van der Waals surface area contributed by atoms with Crippen molar-refractivity contribution < 1.29 is 0 Å². The summed E-state index contributed by atoms with van der Waals surface area (Å²) in [6.45, 7) is 0. The van der Waals surface area contributed by atoms with Crippen molar-refractivity contribution in [2.75, 3.05) is 4.90 Å². The number of hydrogen-bond donors (Lipinski definition) is 0. The van der Waals surface area contributed by atoms with Crippen LogP contribution in [0, 0.1) is 0 Å². The van der Waals surface area contributed by atoms with Crippen molar-refractivity contribution in [3.63, 3.8) is 0 Å². The number of pyridine rings is 1. The first-order valence-electron chi connectivity index (χ1n) is 9.74. The Hall–Kier alpha value is -3.91. The van der Waals surface area contributed by atoms with Crippen LogP contribution < -0.4 is 4.90 Å². The predicted molar refractivity (Wildman–Crippen MR) is 122 cm³/mol. The van der Waals surface area contributed by atoms with Crippen LogP contribution in [0.1, 0.15) is 0 Å². The molecule has 2 nitrogen and oxygen atoms in total. The molecule has 0 aliphatic heterocycles. The molecule has 0 atom stereocenters. The fraction of sp³-hybridized carbons (Fsp3) is 0. The topological polar surface area (TPSA) is 16.1 Å². The van der Waals surface area contributed by atoms with E-state index in [4.69, 9.17) is 4.98 Å². The maximum Gasteiger partial charge on any atom is 0.0781 e. The van der Waals surface area contributed by atoms with Gasteiger partial charge in [-0.05, 0) is 47.9 Å². The van der Waals surface area contributed by atoms with Gasteiger partial charge in [0.25, 0.3) is 0 Å². The van der Waals surface area contributed by atoms with E-state index in [0.717, 1.165) is 33.7 Å². The van der Waals surface area contributed by atoms with E-state index in [-0.39, 0.29) is 0 Å². The molecule has 0 unspecified atom stereocenters. The second-order valence-corrected chi connectivity index (χ2v) is 6.94. The Kier molecular flexibility index (Phi) is 4.51. The molecule has 5 rings (SSSR count). The monoisotopic (exact) mass is 372 g/mol. The number of rotatable bonds is 4. The number of aromatic nitrogens is 1. The van der Waals surface area contributed by atoms with Crippen LogP contribution in [0.3, 0.4) is 0 Å². The van der Waals surface area contributed by atoms with E-state index in [1.54, 1.807) is 0 Å². The van der Waals surface area contributed by atoms with E-state index in [2.05, 4.69) is 108 Å². The molecule has 138 valence electrons. The van der Waals surface area contributed by atoms with Crippen LogP contribution in [-0.2, 0) is 0 Å². The maximum atomic E-state index is 4.70. The van der Waals surface area contributed by atoms with Crippen LogP contribution in [0.25, 0.3) is 22.0 Å². The molecule has 4 aromatic carbocycles.